The number of guanidine groups is 1. The van der Waals surface area contributed by atoms with Gasteiger partial charge in [-0.05, 0) is 32.6 Å². The minimum absolute atomic E-state index is 0.0864. The van der Waals surface area contributed by atoms with E-state index in [9.17, 15) is 19.2 Å². The van der Waals surface area contributed by atoms with Crippen molar-refractivity contribution in [3.8, 4) is 0 Å². The van der Waals surface area contributed by atoms with Gasteiger partial charge in [-0.1, -0.05) is 20.3 Å². The summed E-state index contributed by atoms with van der Waals surface area (Å²) in [5.41, 5.74) is 16.1. The summed E-state index contributed by atoms with van der Waals surface area (Å²) in [6.45, 7) is 6.65. The highest BCUT2D eigenvalue weighted by atomic mass is 16.4. The van der Waals surface area contributed by atoms with Gasteiger partial charge in [-0.2, -0.15) is 0 Å². The van der Waals surface area contributed by atoms with Crippen molar-refractivity contribution in [3.05, 3.63) is 0 Å². The standard InChI is InChI=1S/C18H35N7O5/c1-5-9(2)13(16(28)23-11(4)17(29)30)25-15(27)12(24-14(26)10(3)19)7-6-8-22-18(20)21/h9-13H,5-8,19H2,1-4H3,(H,23,28)(H,24,26)(H,25,27)(H,29,30)(H4,20,21,22). The minimum atomic E-state index is -1.20. The molecule has 0 radical (unpaired) electrons. The molecule has 0 saturated heterocycles. The lowest BCUT2D eigenvalue weighted by Gasteiger charge is -2.27. The molecule has 0 rings (SSSR count). The van der Waals surface area contributed by atoms with Crippen molar-refractivity contribution < 1.29 is 24.3 Å². The number of aliphatic imine (C=N–C) groups is 1. The summed E-state index contributed by atoms with van der Waals surface area (Å²) in [5.74, 6) is -3.29. The Kier molecular flexibility index (Phi) is 12.1. The third kappa shape index (κ3) is 10.0. The van der Waals surface area contributed by atoms with Crippen molar-refractivity contribution in [1.29, 1.82) is 0 Å². The molecule has 0 aliphatic rings. The van der Waals surface area contributed by atoms with Crippen molar-refractivity contribution >= 4 is 29.7 Å². The van der Waals surface area contributed by atoms with Crippen LogP contribution in [0.1, 0.15) is 47.0 Å². The lowest BCUT2D eigenvalue weighted by Crippen LogP contribution is -2.58. The number of carbonyl (C=O) groups excluding carboxylic acids is 3. The van der Waals surface area contributed by atoms with E-state index >= 15 is 0 Å². The Hall–Kier alpha value is -2.89. The topological polar surface area (TPSA) is 215 Å². The smallest absolute Gasteiger partial charge is 0.325 e. The van der Waals surface area contributed by atoms with Gasteiger partial charge < -0.3 is 38.3 Å². The average molecular weight is 430 g/mol. The molecule has 12 heteroatoms. The number of nitrogens with zero attached hydrogens (tertiary/aromatic N) is 1. The van der Waals surface area contributed by atoms with Crippen LogP contribution in [-0.2, 0) is 19.2 Å². The van der Waals surface area contributed by atoms with Gasteiger partial charge in [-0.3, -0.25) is 24.2 Å². The predicted octanol–water partition coefficient (Wildman–Crippen LogP) is -2.01. The number of carboxylic acids is 1. The molecule has 0 spiro atoms. The van der Waals surface area contributed by atoms with Crippen LogP contribution in [0.2, 0.25) is 0 Å². The first-order chi connectivity index (χ1) is 13.9. The summed E-state index contributed by atoms with van der Waals surface area (Å²) >= 11 is 0. The number of aliphatic carboxylic acids is 1. The second kappa shape index (κ2) is 13.4. The molecular formula is C18H35N7O5. The van der Waals surface area contributed by atoms with Gasteiger partial charge in [0.2, 0.25) is 17.7 Å². The molecule has 10 N–H and O–H groups in total. The maximum Gasteiger partial charge on any atom is 0.325 e. The van der Waals surface area contributed by atoms with Crippen LogP contribution in [-0.4, -0.2) is 65.5 Å². The van der Waals surface area contributed by atoms with Gasteiger partial charge in [0.25, 0.3) is 0 Å². The SMILES string of the molecule is CCC(C)C(NC(=O)C(CCCN=C(N)N)NC(=O)C(C)N)C(=O)NC(C)C(=O)O. The molecule has 0 aromatic rings. The van der Waals surface area contributed by atoms with E-state index in [1.807, 2.05) is 6.92 Å². The Bertz CT molecular complexity index is 634. The van der Waals surface area contributed by atoms with E-state index in [-0.39, 0.29) is 24.8 Å². The van der Waals surface area contributed by atoms with Gasteiger partial charge in [0.15, 0.2) is 5.96 Å². The van der Waals surface area contributed by atoms with Crippen molar-refractivity contribution in [1.82, 2.24) is 16.0 Å². The van der Waals surface area contributed by atoms with Crippen LogP contribution in [0, 0.1) is 5.92 Å². The third-order valence-electron chi connectivity index (χ3n) is 4.51. The fourth-order valence-electron chi connectivity index (χ4n) is 2.40. The van der Waals surface area contributed by atoms with Crippen LogP contribution in [0.4, 0.5) is 0 Å². The molecule has 0 saturated carbocycles. The van der Waals surface area contributed by atoms with Gasteiger partial charge >= 0.3 is 5.97 Å². The van der Waals surface area contributed by atoms with Gasteiger partial charge in [-0.25, -0.2) is 0 Å². The Labute approximate surface area is 176 Å². The summed E-state index contributed by atoms with van der Waals surface area (Å²) in [7, 11) is 0. The fourth-order valence-corrected chi connectivity index (χ4v) is 2.40. The molecule has 5 unspecified atom stereocenters. The molecule has 12 nitrogen and oxygen atoms in total. The van der Waals surface area contributed by atoms with Crippen LogP contribution < -0.4 is 33.2 Å². The molecule has 5 atom stereocenters. The highest BCUT2D eigenvalue weighted by Gasteiger charge is 2.31. The third-order valence-corrected chi connectivity index (χ3v) is 4.51. The number of nitrogens with one attached hydrogen (secondary N) is 3. The van der Waals surface area contributed by atoms with E-state index in [1.54, 1.807) is 6.92 Å². The molecule has 172 valence electrons. The predicted molar refractivity (Wildman–Crippen MR) is 112 cm³/mol. The lowest BCUT2D eigenvalue weighted by molar-refractivity contribution is -0.142. The van der Waals surface area contributed by atoms with Gasteiger partial charge in [0.1, 0.15) is 18.1 Å². The van der Waals surface area contributed by atoms with Crippen LogP contribution in [0.15, 0.2) is 4.99 Å². The molecule has 0 bridgehead atoms. The zero-order valence-electron chi connectivity index (χ0n) is 18.0. The van der Waals surface area contributed by atoms with Crippen molar-refractivity contribution in [2.45, 2.75) is 71.1 Å². The van der Waals surface area contributed by atoms with E-state index in [0.717, 1.165) is 0 Å². The summed E-state index contributed by atoms with van der Waals surface area (Å²) in [6, 6.07) is -3.89. The van der Waals surface area contributed by atoms with E-state index in [1.165, 1.54) is 13.8 Å². The van der Waals surface area contributed by atoms with Crippen LogP contribution in [0.25, 0.3) is 0 Å². The fraction of sp³-hybridized carbons (Fsp3) is 0.722. The van der Waals surface area contributed by atoms with Crippen LogP contribution >= 0.6 is 0 Å². The molecule has 0 heterocycles. The zero-order chi connectivity index (χ0) is 23.4. The summed E-state index contributed by atoms with van der Waals surface area (Å²) in [6.07, 6.45) is 1.16. The Morgan fingerprint density at radius 1 is 0.967 bits per heavy atom. The first kappa shape index (κ1) is 27.1. The minimum Gasteiger partial charge on any atom is -0.480 e. The number of hydrogen-bond donors (Lipinski definition) is 7. The molecular weight excluding hydrogens is 394 g/mol. The molecule has 3 amide bonds. The van der Waals surface area contributed by atoms with E-state index in [0.29, 0.717) is 12.8 Å². The lowest BCUT2D eigenvalue weighted by atomic mass is 9.97. The zero-order valence-corrected chi connectivity index (χ0v) is 18.0. The average Bonchev–Trinajstić information content (AvgIpc) is 2.66. The highest BCUT2D eigenvalue weighted by molar-refractivity contribution is 5.94. The second-order valence-electron chi connectivity index (χ2n) is 7.24. The van der Waals surface area contributed by atoms with Crippen molar-refractivity contribution in [2.24, 2.45) is 28.1 Å². The molecule has 30 heavy (non-hydrogen) atoms. The maximum absolute atomic E-state index is 12.8. The Morgan fingerprint density at radius 3 is 2.03 bits per heavy atom. The van der Waals surface area contributed by atoms with Gasteiger partial charge in [0.05, 0.1) is 6.04 Å². The first-order valence-electron chi connectivity index (χ1n) is 9.85. The van der Waals surface area contributed by atoms with E-state index in [2.05, 4.69) is 20.9 Å². The molecule has 0 aromatic heterocycles. The normalized spacial score (nSPS) is 15.6. The number of rotatable bonds is 13. The maximum atomic E-state index is 12.8. The first-order valence-corrected chi connectivity index (χ1v) is 9.85. The Balaban J connectivity index is 5.36. The molecule has 0 aromatic carbocycles. The monoisotopic (exact) mass is 429 g/mol. The van der Waals surface area contributed by atoms with Crippen molar-refractivity contribution in [2.75, 3.05) is 6.54 Å². The van der Waals surface area contributed by atoms with Gasteiger partial charge in [-0.15, -0.1) is 0 Å². The Morgan fingerprint density at radius 2 is 1.57 bits per heavy atom. The van der Waals surface area contributed by atoms with Crippen molar-refractivity contribution in [3.63, 3.8) is 0 Å². The molecule has 0 aliphatic heterocycles. The summed E-state index contributed by atoms with van der Waals surface area (Å²) < 4.78 is 0. The van der Waals surface area contributed by atoms with Crippen LogP contribution in [0.3, 0.4) is 0 Å². The largest absolute Gasteiger partial charge is 0.480 e. The number of amides is 3. The van der Waals surface area contributed by atoms with Gasteiger partial charge in [0, 0.05) is 6.54 Å². The number of carboxylic acid groups (broad SMARTS) is 1. The van der Waals surface area contributed by atoms with Crippen LogP contribution in [0.5, 0.6) is 0 Å². The number of carbonyl (C=O) groups is 4. The number of hydrogen-bond acceptors (Lipinski definition) is 6. The summed E-state index contributed by atoms with van der Waals surface area (Å²) in [5, 5.41) is 16.5. The summed E-state index contributed by atoms with van der Waals surface area (Å²) in [4.78, 5) is 52.2. The molecule has 0 aliphatic carbocycles. The quantitative estimate of drug-likeness (QED) is 0.0983. The highest BCUT2D eigenvalue weighted by Crippen LogP contribution is 2.10. The number of nitrogens with two attached hydrogens (primary N) is 3. The molecule has 0 fully saturated rings. The van der Waals surface area contributed by atoms with E-state index in [4.69, 9.17) is 22.3 Å². The second-order valence-corrected chi connectivity index (χ2v) is 7.24. The van der Waals surface area contributed by atoms with E-state index < -0.39 is 47.9 Å².